The first-order valence-corrected chi connectivity index (χ1v) is 9.11. The summed E-state index contributed by atoms with van der Waals surface area (Å²) in [5.41, 5.74) is -0.277. The van der Waals surface area contributed by atoms with Crippen LogP contribution in [0.4, 0.5) is 27.8 Å². The van der Waals surface area contributed by atoms with Gasteiger partial charge in [0.05, 0.1) is 16.3 Å². The van der Waals surface area contributed by atoms with Crippen molar-refractivity contribution < 1.29 is 22.0 Å². The lowest BCUT2D eigenvalue weighted by Crippen LogP contribution is -2.41. The molecule has 146 valence electrons. The van der Waals surface area contributed by atoms with Crippen LogP contribution < -0.4 is 15.8 Å². The molecule has 0 radical (unpaired) electrons. The van der Waals surface area contributed by atoms with E-state index in [4.69, 9.17) is 11.6 Å². The molecule has 0 aliphatic carbocycles. The molecule has 1 N–H and O–H groups in total. The molecule has 2 aromatic heterocycles. The second-order valence-electron chi connectivity index (χ2n) is 5.64. The van der Waals surface area contributed by atoms with Gasteiger partial charge in [0, 0.05) is 0 Å². The van der Waals surface area contributed by atoms with Gasteiger partial charge in [0.25, 0.3) is 0 Å². The SMILES string of the molecule is CCSc1ccc(Cl)nc1N1N=c2nc(C(F)(F)C(F)(F)F)[nH]c2=CC1C. The van der Waals surface area contributed by atoms with Gasteiger partial charge in [0.2, 0.25) is 0 Å². The highest BCUT2D eigenvalue weighted by atomic mass is 35.5. The molecule has 0 saturated carbocycles. The van der Waals surface area contributed by atoms with Crippen molar-refractivity contribution >= 4 is 35.3 Å². The van der Waals surface area contributed by atoms with E-state index < -0.39 is 24.0 Å². The number of H-pyrrole nitrogens is 1. The Morgan fingerprint density at radius 2 is 1.93 bits per heavy atom. The van der Waals surface area contributed by atoms with E-state index in [1.165, 1.54) is 22.8 Å². The number of nitrogens with one attached hydrogen (secondary N) is 1. The van der Waals surface area contributed by atoms with Crippen molar-refractivity contribution in [2.24, 2.45) is 5.10 Å². The van der Waals surface area contributed by atoms with Crippen molar-refractivity contribution in [2.45, 2.75) is 36.9 Å². The Morgan fingerprint density at radius 1 is 1.22 bits per heavy atom. The van der Waals surface area contributed by atoms with Crippen LogP contribution in [-0.2, 0) is 5.92 Å². The van der Waals surface area contributed by atoms with E-state index in [1.807, 2.05) is 11.9 Å². The fourth-order valence-corrected chi connectivity index (χ4v) is 3.33. The smallest absolute Gasteiger partial charge is 0.335 e. The van der Waals surface area contributed by atoms with Crippen LogP contribution in [0.25, 0.3) is 6.08 Å². The molecule has 0 spiro atoms. The lowest BCUT2D eigenvalue weighted by atomic mass is 10.2. The Hall–Kier alpha value is -1.88. The maximum atomic E-state index is 13.6. The lowest BCUT2D eigenvalue weighted by molar-refractivity contribution is -0.292. The number of halogens is 6. The van der Waals surface area contributed by atoms with Gasteiger partial charge < -0.3 is 4.98 Å². The van der Waals surface area contributed by atoms with Crippen molar-refractivity contribution in [1.29, 1.82) is 0 Å². The van der Waals surface area contributed by atoms with Crippen molar-refractivity contribution in [1.82, 2.24) is 15.0 Å². The highest BCUT2D eigenvalue weighted by Crippen LogP contribution is 2.41. The van der Waals surface area contributed by atoms with Crippen LogP contribution in [0.3, 0.4) is 0 Å². The number of fused-ring (bicyclic) bond motifs is 1. The molecule has 0 saturated heterocycles. The Kier molecular flexibility index (Phi) is 5.10. The Balaban J connectivity index is 2.11. The normalized spacial score (nSPS) is 17.3. The minimum Gasteiger partial charge on any atom is -0.335 e. The minimum absolute atomic E-state index is 0.00982. The molecule has 1 aliphatic rings. The van der Waals surface area contributed by atoms with Gasteiger partial charge in [-0.3, -0.25) is 0 Å². The number of anilines is 1. The average Bonchev–Trinajstić information content (AvgIpc) is 2.98. The molecule has 1 aliphatic heterocycles. The number of pyridine rings is 1. The number of hydrogen-bond donors (Lipinski definition) is 1. The van der Waals surface area contributed by atoms with Gasteiger partial charge in [-0.1, -0.05) is 18.5 Å². The van der Waals surface area contributed by atoms with Crippen molar-refractivity contribution in [2.75, 3.05) is 10.8 Å². The first-order chi connectivity index (χ1) is 12.5. The molecule has 0 fully saturated rings. The first-order valence-electron chi connectivity index (χ1n) is 7.74. The summed E-state index contributed by atoms with van der Waals surface area (Å²) in [4.78, 5) is 10.4. The zero-order valence-corrected chi connectivity index (χ0v) is 15.6. The van der Waals surface area contributed by atoms with E-state index in [0.717, 1.165) is 10.6 Å². The zero-order valence-electron chi connectivity index (χ0n) is 14.0. The zero-order chi connectivity index (χ0) is 20.0. The quantitative estimate of drug-likeness (QED) is 0.463. The Labute approximate surface area is 159 Å². The van der Waals surface area contributed by atoms with E-state index in [2.05, 4.69) is 15.1 Å². The van der Waals surface area contributed by atoms with Gasteiger partial charge in [-0.25, -0.2) is 15.0 Å². The molecule has 5 nitrogen and oxygen atoms in total. The van der Waals surface area contributed by atoms with Gasteiger partial charge in [-0.05, 0) is 30.9 Å². The number of thioether (sulfide) groups is 1. The van der Waals surface area contributed by atoms with Crippen LogP contribution in [0.5, 0.6) is 0 Å². The van der Waals surface area contributed by atoms with Gasteiger partial charge in [0.15, 0.2) is 17.1 Å². The summed E-state index contributed by atoms with van der Waals surface area (Å²) in [6, 6.07) is 2.86. The second-order valence-corrected chi connectivity index (χ2v) is 7.33. The third-order valence-corrected chi connectivity index (χ3v) is 4.81. The van der Waals surface area contributed by atoms with Crippen LogP contribution in [0.1, 0.15) is 19.7 Å². The van der Waals surface area contributed by atoms with E-state index in [9.17, 15) is 22.0 Å². The molecule has 3 heterocycles. The molecule has 12 heteroatoms. The molecule has 1 atom stereocenters. The molecule has 1 unspecified atom stereocenters. The number of alkyl halides is 5. The topological polar surface area (TPSA) is 57.2 Å². The summed E-state index contributed by atoms with van der Waals surface area (Å²) >= 11 is 7.42. The predicted molar refractivity (Wildman–Crippen MR) is 91.4 cm³/mol. The summed E-state index contributed by atoms with van der Waals surface area (Å²) in [6.07, 6.45) is -4.31. The van der Waals surface area contributed by atoms with E-state index >= 15 is 0 Å². The largest absolute Gasteiger partial charge is 0.461 e. The van der Waals surface area contributed by atoms with E-state index in [-0.39, 0.29) is 16.0 Å². The summed E-state index contributed by atoms with van der Waals surface area (Å²) in [7, 11) is 0. The standard InChI is InChI=1S/C15H13ClF5N5S/c1-3-27-9-4-5-10(16)23-12(9)26-7(2)6-8-11(25-26)24-13(22-8)14(17,18)15(19,20)21/h4-7H,3H2,1-2H3,(H,22,24,25). The number of aromatic nitrogens is 3. The molecular weight excluding hydrogens is 413 g/mol. The van der Waals surface area contributed by atoms with Crippen molar-refractivity contribution in [3.63, 3.8) is 0 Å². The molecule has 3 rings (SSSR count). The fourth-order valence-electron chi connectivity index (χ4n) is 2.44. The second kappa shape index (κ2) is 6.93. The van der Waals surface area contributed by atoms with Crippen molar-refractivity contribution in [3.05, 3.63) is 33.9 Å². The van der Waals surface area contributed by atoms with Crippen LogP contribution in [0.15, 0.2) is 22.1 Å². The summed E-state index contributed by atoms with van der Waals surface area (Å²) in [5.74, 6) is -5.51. The Morgan fingerprint density at radius 3 is 2.56 bits per heavy atom. The van der Waals surface area contributed by atoms with Crippen LogP contribution in [0.2, 0.25) is 5.15 Å². The molecule has 27 heavy (non-hydrogen) atoms. The number of aromatic amines is 1. The number of nitrogens with zero attached hydrogens (tertiary/aromatic N) is 4. The van der Waals surface area contributed by atoms with Gasteiger partial charge in [0.1, 0.15) is 5.15 Å². The third kappa shape index (κ3) is 3.62. The lowest BCUT2D eigenvalue weighted by Gasteiger charge is -2.26. The molecule has 2 aromatic rings. The van der Waals surface area contributed by atoms with Crippen molar-refractivity contribution in [3.8, 4) is 0 Å². The average molecular weight is 426 g/mol. The van der Waals surface area contributed by atoms with Crippen LogP contribution >= 0.6 is 23.4 Å². The molecular formula is C15H13ClF5N5S. The number of rotatable bonds is 4. The summed E-state index contributed by atoms with van der Waals surface area (Å²) < 4.78 is 64.9. The third-order valence-electron chi connectivity index (χ3n) is 3.68. The number of imidazole rings is 1. The molecule has 0 amide bonds. The summed E-state index contributed by atoms with van der Waals surface area (Å²) in [6.45, 7) is 3.63. The first kappa shape index (κ1) is 19.9. The number of hydrogen-bond acceptors (Lipinski definition) is 5. The Bertz CT molecular complexity index is 974. The van der Waals surface area contributed by atoms with Crippen LogP contribution in [-0.4, -0.2) is 32.9 Å². The fraction of sp³-hybridized carbons (Fsp3) is 0.400. The predicted octanol–water partition coefficient (Wildman–Crippen LogP) is 3.45. The minimum atomic E-state index is -5.77. The van der Waals surface area contributed by atoms with E-state index in [1.54, 1.807) is 19.1 Å². The molecule has 0 aromatic carbocycles. The van der Waals surface area contributed by atoms with Gasteiger partial charge in [-0.2, -0.15) is 22.0 Å². The van der Waals surface area contributed by atoms with Crippen LogP contribution in [0, 0.1) is 0 Å². The van der Waals surface area contributed by atoms with Gasteiger partial charge in [-0.15, -0.1) is 16.9 Å². The van der Waals surface area contributed by atoms with E-state index in [0.29, 0.717) is 5.82 Å². The maximum Gasteiger partial charge on any atom is 0.461 e. The molecule has 0 bridgehead atoms. The highest BCUT2D eigenvalue weighted by Gasteiger charge is 2.61. The van der Waals surface area contributed by atoms with Gasteiger partial charge >= 0.3 is 12.1 Å². The highest BCUT2D eigenvalue weighted by molar-refractivity contribution is 7.99. The summed E-state index contributed by atoms with van der Waals surface area (Å²) in [5, 5.41) is 5.70. The maximum absolute atomic E-state index is 13.6. The monoisotopic (exact) mass is 425 g/mol.